The third-order valence-corrected chi connectivity index (χ3v) is 5.31. The molecular weight excluding hydrogens is 326 g/mol. The van der Waals surface area contributed by atoms with Gasteiger partial charge in [0.2, 0.25) is 0 Å². The Kier molecular flexibility index (Phi) is 4.28. The predicted octanol–water partition coefficient (Wildman–Crippen LogP) is 4.56. The van der Waals surface area contributed by atoms with Crippen molar-refractivity contribution in [2.24, 2.45) is 11.3 Å². The molecule has 0 aliphatic heterocycles. The molecule has 0 bridgehead atoms. The third kappa shape index (κ3) is 3.62. The van der Waals surface area contributed by atoms with Crippen molar-refractivity contribution in [3.63, 3.8) is 0 Å². The second kappa shape index (κ2) is 6.36. The summed E-state index contributed by atoms with van der Waals surface area (Å²) in [6, 6.07) is 2.02. The van der Waals surface area contributed by atoms with E-state index in [2.05, 4.69) is 37.8 Å². The van der Waals surface area contributed by atoms with E-state index in [0.29, 0.717) is 17.5 Å². The second-order valence-corrected chi connectivity index (χ2v) is 9.20. The van der Waals surface area contributed by atoms with E-state index in [0.717, 1.165) is 54.7 Å². The summed E-state index contributed by atoms with van der Waals surface area (Å²) in [7, 11) is 0. The SMILES string of the molecule is CCN(CC1CC1)C(=O)c1cc(C2CC2)nc2onc(CC(C)(C)C)c12. The van der Waals surface area contributed by atoms with E-state index in [1.807, 2.05) is 11.0 Å². The maximum atomic E-state index is 13.4. The van der Waals surface area contributed by atoms with Gasteiger partial charge in [-0.15, -0.1) is 0 Å². The van der Waals surface area contributed by atoms with Crippen LogP contribution in [0.2, 0.25) is 0 Å². The summed E-state index contributed by atoms with van der Waals surface area (Å²) in [6.07, 6.45) is 5.54. The van der Waals surface area contributed by atoms with Crippen molar-refractivity contribution in [3.8, 4) is 0 Å². The standard InChI is InChI=1S/C21H29N3O2/c1-5-24(12-13-6-7-13)20(25)15-10-16(14-8-9-14)22-19-18(15)17(23-26-19)11-21(2,3)4/h10,13-14H,5-9,11-12H2,1-4H3. The van der Waals surface area contributed by atoms with Gasteiger partial charge < -0.3 is 9.42 Å². The molecule has 1 amide bonds. The number of carbonyl (C=O) groups is 1. The molecule has 0 N–H and O–H groups in total. The van der Waals surface area contributed by atoms with Crippen molar-refractivity contribution in [1.82, 2.24) is 15.0 Å². The summed E-state index contributed by atoms with van der Waals surface area (Å²) >= 11 is 0. The molecule has 5 heteroatoms. The monoisotopic (exact) mass is 355 g/mol. The fourth-order valence-electron chi connectivity index (χ4n) is 3.55. The highest BCUT2D eigenvalue weighted by Gasteiger charge is 2.32. The van der Waals surface area contributed by atoms with Crippen LogP contribution in [0.15, 0.2) is 10.6 Å². The van der Waals surface area contributed by atoms with Crippen LogP contribution >= 0.6 is 0 Å². The minimum atomic E-state index is 0.0672. The Morgan fingerprint density at radius 2 is 2.00 bits per heavy atom. The van der Waals surface area contributed by atoms with Crippen molar-refractivity contribution in [1.29, 1.82) is 0 Å². The number of nitrogens with zero attached hydrogens (tertiary/aromatic N) is 3. The van der Waals surface area contributed by atoms with Gasteiger partial charge in [0.25, 0.3) is 11.6 Å². The average molecular weight is 355 g/mol. The minimum Gasteiger partial charge on any atom is -0.339 e. The molecule has 2 heterocycles. The van der Waals surface area contributed by atoms with E-state index in [1.54, 1.807) is 0 Å². The van der Waals surface area contributed by atoms with E-state index in [4.69, 9.17) is 4.52 Å². The van der Waals surface area contributed by atoms with E-state index >= 15 is 0 Å². The number of amides is 1. The molecule has 2 aliphatic rings. The summed E-state index contributed by atoms with van der Waals surface area (Å²) in [5, 5.41) is 5.12. The molecule has 26 heavy (non-hydrogen) atoms. The lowest BCUT2D eigenvalue weighted by molar-refractivity contribution is 0.0758. The molecule has 5 nitrogen and oxygen atoms in total. The molecule has 2 saturated carbocycles. The molecule has 0 aromatic carbocycles. The van der Waals surface area contributed by atoms with Crippen LogP contribution in [0.1, 0.15) is 81.0 Å². The first-order chi connectivity index (χ1) is 12.4. The van der Waals surface area contributed by atoms with Crippen LogP contribution in [-0.2, 0) is 6.42 Å². The number of hydrogen-bond acceptors (Lipinski definition) is 4. The molecule has 2 aliphatic carbocycles. The Bertz CT molecular complexity index is 826. The molecule has 0 radical (unpaired) electrons. The van der Waals surface area contributed by atoms with Crippen molar-refractivity contribution in [3.05, 3.63) is 23.0 Å². The van der Waals surface area contributed by atoms with Gasteiger partial charge in [0.1, 0.15) is 0 Å². The smallest absolute Gasteiger partial charge is 0.259 e. The van der Waals surface area contributed by atoms with E-state index in [1.165, 1.54) is 12.8 Å². The van der Waals surface area contributed by atoms with E-state index < -0.39 is 0 Å². The van der Waals surface area contributed by atoms with Crippen LogP contribution in [0.5, 0.6) is 0 Å². The van der Waals surface area contributed by atoms with E-state index in [9.17, 15) is 4.79 Å². The van der Waals surface area contributed by atoms with Crippen molar-refractivity contribution < 1.29 is 9.32 Å². The molecule has 0 atom stereocenters. The minimum absolute atomic E-state index is 0.0672. The lowest BCUT2D eigenvalue weighted by atomic mass is 9.89. The predicted molar refractivity (Wildman–Crippen MR) is 101 cm³/mol. The van der Waals surface area contributed by atoms with Crippen LogP contribution in [0.4, 0.5) is 0 Å². The average Bonchev–Trinajstić information content (AvgIpc) is 3.49. The van der Waals surface area contributed by atoms with Gasteiger partial charge in [-0.25, -0.2) is 4.98 Å². The first-order valence-corrected chi connectivity index (χ1v) is 9.94. The second-order valence-electron chi connectivity index (χ2n) is 9.20. The largest absolute Gasteiger partial charge is 0.339 e. The zero-order valence-electron chi connectivity index (χ0n) is 16.3. The summed E-state index contributed by atoms with van der Waals surface area (Å²) in [4.78, 5) is 20.1. The quantitative estimate of drug-likeness (QED) is 0.762. The summed E-state index contributed by atoms with van der Waals surface area (Å²) in [6.45, 7) is 10.2. The molecule has 0 unspecified atom stereocenters. The van der Waals surface area contributed by atoms with Gasteiger partial charge in [-0.3, -0.25) is 4.79 Å². The van der Waals surface area contributed by atoms with Crippen LogP contribution < -0.4 is 0 Å². The van der Waals surface area contributed by atoms with Gasteiger partial charge in [-0.2, -0.15) is 0 Å². The highest BCUT2D eigenvalue weighted by Crippen LogP contribution is 2.41. The van der Waals surface area contributed by atoms with Gasteiger partial charge >= 0.3 is 0 Å². The van der Waals surface area contributed by atoms with Gasteiger partial charge in [0, 0.05) is 24.7 Å². The van der Waals surface area contributed by atoms with E-state index in [-0.39, 0.29) is 11.3 Å². The number of hydrogen-bond donors (Lipinski definition) is 0. The molecule has 0 saturated heterocycles. The maximum Gasteiger partial charge on any atom is 0.259 e. The molecule has 4 rings (SSSR count). The van der Waals surface area contributed by atoms with Crippen LogP contribution in [0.3, 0.4) is 0 Å². The lowest BCUT2D eigenvalue weighted by Crippen LogP contribution is -2.33. The van der Waals surface area contributed by atoms with Gasteiger partial charge in [0.15, 0.2) is 0 Å². The molecule has 140 valence electrons. The molecule has 0 spiro atoms. The highest BCUT2D eigenvalue weighted by molar-refractivity contribution is 6.06. The number of carbonyl (C=O) groups excluding carboxylic acids is 1. The Hall–Kier alpha value is -1.91. The number of rotatable bonds is 6. The molecular formula is C21H29N3O2. The summed E-state index contributed by atoms with van der Waals surface area (Å²) in [5.41, 5.74) is 3.17. The first kappa shape index (κ1) is 17.5. The Balaban J connectivity index is 1.78. The van der Waals surface area contributed by atoms with Crippen LogP contribution in [-0.4, -0.2) is 34.0 Å². The fraction of sp³-hybridized carbons (Fsp3) is 0.667. The highest BCUT2D eigenvalue weighted by atomic mass is 16.5. The van der Waals surface area contributed by atoms with Crippen molar-refractivity contribution in [2.45, 2.75) is 65.7 Å². The third-order valence-electron chi connectivity index (χ3n) is 5.31. The number of fused-ring (bicyclic) bond motifs is 1. The maximum absolute atomic E-state index is 13.4. The molecule has 2 aromatic rings. The fourth-order valence-corrected chi connectivity index (χ4v) is 3.55. The van der Waals surface area contributed by atoms with Crippen molar-refractivity contribution >= 4 is 17.0 Å². The summed E-state index contributed by atoms with van der Waals surface area (Å²) in [5.74, 6) is 1.25. The van der Waals surface area contributed by atoms with Crippen LogP contribution in [0, 0.1) is 11.3 Å². The van der Waals surface area contributed by atoms with Crippen LogP contribution in [0.25, 0.3) is 11.1 Å². The molecule has 2 aromatic heterocycles. The first-order valence-electron chi connectivity index (χ1n) is 9.94. The molecule has 2 fully saturated rings. The van der Waals surface area contributed by atoms with Gasteiger partial charge in [0.05, 0.1) is 16.6 Å². The normalized spacial score (nSPS) is 17.7. The number of pyridine rings is 1. The van der Waals surface area contributed by atoms with Crippen molar-refractivity contribution in [2.75, 3.05) is 13.1 Å². The Morgan fingerprint density at radius 3 is 2.58 bits per heavy atom. The Labute approximate surface area is 155 Å². The van der Waals surface area contributed by atoms with Gasteiger partial charge in [-0.05, 0) is 56.4 Å². The van der Waals surface area contributed by atoms with Gasteiger partial charge in [-0.1, -0.05) is 25.9 Å². The summed E-state index contributed by atoms with van der Waals surface area (Å²) < 4.78 is 5.58. The zero-order chi connectivity index (χ0) is 18.5. The zero-order valence-corrected chi connectivity index (χ0v) is 16.3. The topological polar surface area (TPSA) is 59.2 Å². The lowest BCUT2D eigenvalue weighted by Gasteiger charge is -2.22. The number of aromatic nitrogens is 2. The Morgan fingerprint density at radius 1 is 1.27 bits per heavy atom.